The van der Waals surface area contributed by atoms with Gasteiger partial charge in [0, 0.05) is 19.4 Å². The van der Waals surface area contributed by atoms with Crippen molar-refractivity contribution in [3.8, 4) is 0 Å². The van der Waals surface area contributed by atoms with Crippen molar-refractivity contribution in [3.05, 3.63) is 65.6 Å². The molecule has 1 aliphatic carbocycles. The summed E-state index contributed by atoms with van der Waals surface area (Å²) in [7, 11) is 1.53. The van der Waals surface area contributed by atoms with Crippen molar-refractivity contribution in [1.82, 2.24) is 14.3 Å². The van der Waals surface area contributed by atoms with Gasteiger partial charge in [-0.2, -0.15) is 0 Å². The third kappa shape index (κ3) is 3.16. The number of carbonyl (C=O) groups is 2. The number of likely N-dealkylation sites (N-methyl/N-ethyl adjacent to an activating group) is 1. The Labute approximate surface area is 191 Å². The molecule has 0 radical (unpaired) electrons. The highest BCUT2D eigenvalue weighted by atomic mass is 16.5. The molecule has 4 heterocycles. The summed E-state index contributed by atoms with van der Waals surface area (Å²) in [6, 6.07) is 11.7. The molecule has 0 N–H and O–H groups in total. The van der Waals surface area contributed by atoms with Crippen LogP contribution in [0.2, 0.25) is 0 Å². The normalized spacial score (nSPS) is 20.7. The summed E-state index contributed by atoms with van der Waals surface area (Å²) >= 11 is 0. The number of urea groups is 1. The van der Waals surface area contributed by atoms with Gasteiger partial charge in [-0.05, 0) is 42.9 Å². The first-order chi connectivity index (χ1) is 16.0. The van der Waals surface area contributed by atoms with E-state index in [1.807, 2.05) is 53.9 Å². The van der Waals surface area contributed by atoms with Crippen molar-refractivity contribution in [2.45, 2.75) is 43.9 Å². The molecule has 2 aliphatic heterocycles. The summed E-state index contributed by atoms with van der Waals surface area (Å²) in [5.41, 5.74) is 3.37. The lowest BCUT2D eigenvalue weighted by Gasteiger charge is -2.41. The van der Waals surface area contributed by atoms with Crippen LogP contribution in [0.15, 0.2) is 48.8 Å². The zero-order chi connectivity index (χ0) is 22.7. The number of anilines is 1. The monoisotopic (exact) mass is 446 g/mol. The molecule has 3 amide bonds. The van der Waals surface area contributed by atoms with Crippen molar-refractivity contribution >= 4 is 23.3 Å². The SMILES string of the molecule is CC(OCc1ccccc1)c1cn2cc(C3CC3)cc(N3C(=O)N(C)C(=O)C34COC4)c2n1. The molecule has 1 unspecified atom stereocenters. The van der Waals surface area contributed by atoms with Crippen molar-refractivity contribution < 1.29 is 19.1 Å². The lowest BCUT2D eigenvalue weighted by molar-refractivity contribution is -0.144. The van der Waals surface area contributed by atoms with Crippen LogP contribution in [0.4, 0.5) is 10.5 Å². The second-order valence-corrected chi connectivity index (χ2v) is 9.27. The van der Waals surface area contributed by atoms with Crippen molar-refractivity contribution in [3.63, 3.8) is 0 Å². The molecule has 1 aromatic carbocycles. The topological polar surface area (TPSA) is 76.4 Å². The molecule has 1 spiro atoms. The van der Waals surface area contributed by atoms with E-state index in [1.54, 1.807) is 4.90 Å². The van der Waals surface area contributed by atoms with Gasteiger partial charge in [0.05, 0.1) is 37.3 Å². The minimum Gasteiger partial charge on any atom is -0.375 e. The number of imide groups is 1. The molecule has 1 atom stereocenters. The number of hydrogen-bond acceptors (Lipinski definition) is 5. The number of nitrogens with zero attached hydrogens (tertiary/aromatic N) is 4. The van der Waals surface area contributed by atoms with Crippen LogP contribution in [-0.4, -0.2) is 52.0 Å². The van der Waals surface area contributed by atoms with E-state index in [0.29, 0.717) is 23.9 Å². The number of hydrogen-bond donors (Lipinski definition) is 0. The molecular formula is C25H26N4O4. The average molecular weight is 447 g/mol. The minimum atomic E-state index is -0.976. The molecule has 0 bridgehead atoms. The van der Waals surface area contributed by atoms with Crippen LogP contribution in [0.3, 0.4) is 0 Å². The summed E-state index contributed by atoms with van der Waals surface area (Å²) < 4.78 is 13.5. The van der Waals surface area contributed by atoms with E-state index in [-0.39, 0.29) is 31.3 Å². The molecule has 1 saturated carbocycles. The van der Waals surface area contributed by atoms with E-state index < -0.39 is 5.54 Å². The molecule has 3 fully saturated rings. The molecule has 3 aliphatic rings. The third-order valence-corrected chi connectivity index (χ3v) is 6.91. The molecule has 170 valence electrons. The molecule has 6 rings (SSSR count). The molecule has 8 heteroatoms. The highest BCUT2D eigenvalue weighted by Crippen LogP contribution is 2.45. The van der Waals surface area contributed by atoms with Gasteiger partial charge in [0.2, 0.25) is 0 Å². The van der Waals surface area contributed by atoms with Crippen LogP contribution in [0.25, 0.3) is 5.65 Å². The summed E-state index contributed by atoms with van der Waals surface area (Å²) in [5.74, 6) is 0.255. The maximum absolute atomic E-state index is 13.2. The Balaban J connectivity index is 1.39. The van der Waals surface area contributed by atoms with Gasteiger partial charge in [0.25, 0.3) is 5.91 Å². The summed E-state index contributed by atoms with van der Waals surface area (Å²) in [6.45, 7) is 2.87. The van der Waals surface area contributed by atoms with Gasteiger partial charge in [0.1, 0.15) is 0 Å². The van der Waals surface area contributed by atoms with E-state index in [2.05, 4.69) is 6.20 Å². The Bertz CT molecular complexity index is 1250. The largest absolute Gasteiger partial charge is 0.375 e. The first kappa shape index (κ1) is 20.4. The second kappa shape index (κ2) is 7.40. The lowest BCUT2D eigenvalue weighted by Crippen LogP contribution is -2.64. The lowest BCUT2D eigenvalue weighted by atomic mass is 9.95. The van der Waals surface area contributed by atoms with Crippen LogP contribution in [0.5, 0.6) is 0 Å². The zero-order valence-electron chi connectivity index (χ0n) is 18.7. The van der Waals surface area contributed by atoms with Crippen LogP contribution in [-0.2, 0) is 20.9 Å². The Kier molecular flexibility index (Phi) is 4.57. The maximum atomic E-state index is 13.2. The van der Waals surface area contributed by atoms with E-state index in [9.17, 15) is 9.59 Å². The van der Waals surface area contributed by atoms with Crippen LogP contribution >= 0.6 is 0 Å². The molecule has 3 aromatic rings. The number of amides is 3. The van der Waals surface area contributed by atoms with Gasteiger partial charge in [-0.3, -0.25) is 14.6 Å². The van der Waals surface area contributed by atoms with Gasteiger partial charge in [-0.15, -0.1) is 0 Å². The van der Waals surface area contributed by atoms with E-state index in [4.69, 9.17) is 14.5 Å². The van der Waals surface area contributed by atoms with Gasteiger partial charge in [-0.25, -0.2) is 9.78 Å². The number of fused-ring (bicyclic) bond motifs is 1. The van der Waals surface area contributed by atoms with Gasteiger partial charge in [0.15, 0.2) is 11.2 Å². The van der Waals surface area contributed by atoms with E-state index >= 15 is 0 Å². The Morgan fingerprint density at radius 1 is 1.18 bits per heavy atom. The Hall–Kier alpha value is -3.23. The standard InChI is InChI=1S/C25H26N4O4/c1-16(33-13-17-6-4-3-5-7-17)20-12-28-11-19(18-8-9-18)10-21(22(28)26-20)29-24(31)27(2)23(30)25(29)14-32-15-25/h3-7,10-12,16,18H,8-9,13-15H2,1-2H3. The summed E-state index contributed by atoms with van der Waals surface area (Å²) in [4.78, 5) is 33.8. The number of pyridine rings is 1. The zero-order valence-corrected chi connectivity index (χ0v) is 18.7. The Morgan fingerprint density at radius 2 is 1.94 bits per heavy atom. The minimum absolute atomic E-state index is 0.200. The number of rotatable bonds is 6. The van der Waals surface area contributed by atoms with Crippen LogP contribution in [0.1, 0.15) is 48.6 Å². The fourth-order valence-corrected chi connectivity index (χ4v) is 4.71. The molecule has 33 heavy (non-hydrogen) atoms. The molecule has 8 nitrogen and oxygen atoms in total. The predicted molar refractivity (Wildman–Crippen MR) is 121 cm³/mol. The van der Waals surface area contributed by atoms with E-state index in [1.165, 1.54) is 11.9 Å². The molecule has 2 saturated heterocycles. The van der Waals surface area contributed by atoms with Gasteiger partial charge >= 0.3 is 6.03 Å². The number of benzene rings is 1. The van der Waals surface area contributed by atoms with Crippen molar-refractivity contribution in [2.75, 3.05) is 25.2 Å². The van der Waals surface area contributed by atoms with Crippen LogP contribution in [0, 0.1) is 0 Å². The fraction of sp³-hybridized carbons (Fsp3) is 0.400. The third-order valence-electron chi connectivity index (χ3n) is 6.91. The van der Waals surface area contributed by atoms with Crippen molar-refractivity contribution in [1.29, 1.82) is 0 Å². The molecule has 2 aromatic heterocycles. The van der Waals surface area contributed by atoms with Crippen LogP contribution < -0.4 is 4.90 Å². The first-order valence-electron chi connectivity index (χ1n) is 11.4. The van der Waals surface area contributed by atoms with Gasteiger partial charge < -0.3 is 13.9 Å². The second-order valence-electron chi connectivity index (χ2n) is 9.27. The Morgan fingerprint density at radius 3 is 2.61 bits per heavy atom. The first-order valence-corrected chi connectivity index (χ1v) is 11.4. The summed E-state index contributed by atoms with van der Waals surface area (Å²) in [5, 5.41) is 0. The van der Waals surface area contributed by atoms with Gasteiger partial charge in [-0.1, -0.05) is 30.3 Å². The number of aromatic nitrogens is 2. The molecular weight excluding hydrogens is 420 g/mol. The maximum Gasteiger partial charge on any atom is 0.332 e. The predicted octanol–water partition coefficient (Wildman–Crippen LogP) is 3.66. The number of carbonyl (C=O) groups excluding carboxylic acids is 2. The number of ether oxygens (including phenoxy) is 2. The smallest absolute Gasteiger partial charge is 0.332 e. The highest BCUT2D eigenvalue weighted by molar-refractivity contribution is 6.18. The summed E-state index contributed by atoms with van der Waals surface area (Å²) in [6.07, 6.45) is 6.08. The number of imidazole rings is 1. The average Bonchev–Trinajstić information content (AvgIpc) is 3.52. The van der Waals surface area contributed by atoms with Crippen molar-refractivity contribution in [2.24, 2.45) is 0 Å². The quantitative estimate of drug-likeness (QED) is 0.540. The van der Waals surface area contributed by atoms with E-state index in [0.717, 1.165) is 29.7 Å². The fourth-order valence-electron chi connectivity index (χ4n) is 4.71. The highest BCUT2D eigenvalue weighted by Gasteiger charge is 2.62.